The molecule has 0 spiro atoms. The second kappa shape index (κ2) is 6.69. The maximum Gasteiger partial charge on any atom is 0.260 e. The molecule has 0 aromatic heterocycles. The fourth-order valence-corrected chi connectivity index (χ4v) is 2.65. The summed E-state index contributed by atoms with van der Waals surface area (Å²) in [5.41, 5.74) is 2.50. The van der Waals surface area contributed by atoms with Gasteiger partial charge in [-0.05, 0) is 29.5 Å². The number of ether oxygens (including phenoxy) is 1. The highest BCUT2D eigenvalue weighted by Gasteiger charge is 2.22. The highest BCUT2D eigenvalue weighted by Crippen LogP contribution is 2.27. The summed E-state index contributed by atoms with van der Waals surface area (Å²) in [5, 5.41) is 0. The summed E-state index contributed by atoms with van der Waals surface area (Å²) in [6.45, 7) is 12.5. The Labute approximate surface area is 134 Å². The van der Waals surface area contributed by atoms with E-state index in [1.54, 1.807) is 0 Å². The molecule has 4 nitrogen and oxygen atoms in total. The zero-order chi connectivity index (χ0) is 16.3. The molecule has 22 heavy (non-hydrogen) atoms. The number of hydrogen-bond donors (Lipinski definition) is 1. The molecule has 1 amide bonds. The average Bonchev–Trinajstić information content (AvgIpc) is 2.45. The summed E-state index contributed by atoms with van der Waals surface area (Å²) in [5.74, 6) is 0.896. The van der Waals surface area contributed by atoms with Crippen molar-refractivity contribution < 1.29 is 14.4 Å². The quantitative estimate of drug-likeness (QED) is 0.905. The van der Waals surface area contributed by atoms with Gasteiger partial charge in [0.1, 0.15) is 5.75 Å². The van der Waals surface area contributed by atoms with E-state index in [4.69, 9.17) is 4.74 Å². The second-order valence-corrected chi connectivity index (χ2v) is 7.36. The van der Waals surface area contributed by atoms with Crippen LogP contribution in [0.4, 0.5) is 0 Å². The fraction of sp³-hybridized carbons (Fsp3) is 0.611. The molecule has 0 bridgehead atoms. The standard InChI is InChI=1S/C18H28N2O2/c1-14-12-15(18(2,3)4)6-7-16(14)22-13-17(21)20-10-8-19(5)9-11-20/h6-7,12H,8-11,13H2,1-5H3/p+1. The van der Waals surface area contributed by atoms with Crippen molar-refractivity contribution in [1.29, 1.82) is 0 Å². The molecule has 2 rings (SSSR count). The highest BCUT2D eigenvalue weighted by molar-refractivity contribution is 5.77. The first kappa shape index (κ1) is 16.8. The Balaban J connectivity index is 1.93. The van der Waals surface area contributed by atoms with Crippen molar-refractivity contribution in [3.05, 3.63) is 29.3 Å². The molecule has 1 aromatic rings. The Bertz CT molecular complexity index is 526. The summed E-state index contributed by atoms with van der Waals surface area (Å²) in [6.07, 6.45) is 0. The van der Waals surface area contributed by atoms with Gasteiger partial charge in [0.25, 0.3) is 5.91 Å². The van der Waals surface area contributed by atoms with Crippen molar-refractivity contribution in [3.63, 3.8) is 0 Å². The SMILES string of the molecule is Cc1cc(C(C)(C)C)ccc1OCC(=O)N1CC[NH+](C)CC1. The number of hydrogen-bond acceptors (Lipinski definition) is 2. The molecule has 0 saturated carbocycles. The molecule has 1 fully saturated rings. The van der Waals surface area contributed by atoms with Crippen molar-refractivity contribution in [2.45, 2.75) is 33.1 Å². The van der Waals surface area contributed by atoms with E-state index in [9.17, 15) is 4.79 Å². The minimum atomic E-state index is 0.0896. The van der Waals surface area contributed by atoms with Crippen LogP contribution in [0, 0.1) is 6.92 Å². The number of carbonyl (C=O) groups is 1. The van der Waals surface area contributed by atoms with Crippen molar-refractivity contribution in [3.8, 4) is 5.75 Å². The molecule has 1 aliphatic rings. The zero-order valence-corrected chi connectivity index (χ0v) is 14.5. The smallest absolute Gasteiger partial charge is 0.260 e. The lowest BCUT2D eigenvalue weighted by atomic mass is 9.86. The molecule has 0 atom stereocenters. The van der Waals surface area contributed by atoms with Crippen LogP contribution in [0.1, 0.15) is 31.9 Å². The number of aryl methyl sites for hydroxylation is 1. The minimum absolute atomic E-state index is 0.0896. The maximum atomic E-state index is 12.2. The maximum absolute atomic E-state index is 12.2. The number of quaternary nitrogens is 1. The summed E-state index contributed by atoms with van der Waals surface area (Å²) in [4.78, 5) is 15.6. The minimum Gasteiger partial charge on any atom is -0.484 e. The van der Waals surface area contributed by atoms with E-state index in [-0.39, 0.29) is 17.9 Å². The molecule has 0 unspecified atom stereocenters. The third kappa shape index (κ3) is 4.23. The monoisotopic (exact) mass is 305 g/mol. The Hall–Kier alpha value is -1.55. The predicted octanol–water partition coefficient (Wildman–Crippen LogP) is 1.03. The van der Waals surface area contributed by atoms with Crippen LogP contribution in [0.15, 0.2) is 18.2 Å². The van der Waals surface area contributed by atoms with Crippen LogP contribution in [-0.2, 0) is 10.2 Å². The van der Waals surface area contributed by atoms with Gasteiger partial charge in [-0.2, -0.15) is 0 Å². The van der Waals surface area contributed by atoms with Crippen LogP contribution in [0.2, 0.25) is 0 Å². The number of rotatable bonds is 3. The highest BCUT2D eigenvalue weighted by atomic mass is 16.5. The second-order valence-electron chi connectivity index (χ2n) is 7.36. The summed E-state index contributed by atoms with van der Waals surface area (Å²) < 4.78 is 5.75. The lowest BCUT2D eigenvalue weighted by Crippen LogP contribution is -3.12. The number of carbonyl (C=O) groups excluding carboxylic acids is 1. The molecule has 4 heteroatoms. The number of benzene rings is 1. The van der Waals surface area contributed by atoms with E-state index < -0.39 is 0 Å². The Morgan fingerprint density at radius 2 is 1.91 bits per heavy atom. The van der Waals surface area contributed by atoms with Gasteiger partial charge in [0, 0.05) is 0 Å². The Morgan fingerprint density at radius 3 is 2.45 bits per heavy atom. The first-order chi connectivity index (χ1) is 10.3. The van der Waals surface area contributed by atoms with E-state index in [1.807, 2.05) is 17.9 Å². The lowest BCUT2D eigenvalue weighted by Gasteiger charge is -2.30. The van der Waals surface area contributed by atoms with Gasteiger partial charge in [-0.1, -0.05) is 32.9 Å². The van der Waals surface area contributed by atoms with Gasteiger partial charge in [-0.15, -0.1) is 0 Å². The average molecular weight is 305 g/mol. The van der Waals surface area contributed by atoms with Gasteiger partial charge in [0.2, 0.25) is 0 Å². The number of amides is 1. The van der Waals surface area contributed by atoms with Crippen LogP contribution >= 0.6 is 0 Å². The number of likely N-dealkylation sites (N-methyl/N-ethyl adjacent to an activating group) is 1. The molecule has 0 aliphatic carbocycles. The molecule has 0 radical (unpaired) electrons. The third-order valence-electron chi connectivity index (χ3n) is 4.36. The summed E-state index contributed by atoms with van der Waals surface area (Å²) >= 11 is 0. The van der Waals surface area contributed by atoms with Crippen molar-refractivity contribution >= 4 is 5.91 Å². The predicted molar refractivity (Wildman–Crippen MR) is 88.6 cm³/mol. The largest absolute Gasteiger partial charge is 0.484 e. The normalized spacial score (nSPS) is 16.7. The van der Waals surface area contributed by atoms with Crippen molar-refractivity contribution in [1.82, 2.24) is 4.90 Å². The van der Waals surface area contributed by atoms with E-state index in [1.165, 1.54) is 10.5 Å². The van der Waals surface area contributed by atoms with Gasteiger partial charge in [-0.25, -0.2) is 0 Å². The Morgan fingerprint density at radius 1 is 1.27 bits per heavy atom. The lowest BCUT2D eigenvalue weighted by molar-refractivity contribution is -0.883. The summed E-state index contributed by atoms with van der Waals surface area (Å²) in [7, 11) is 2.17. The van der Waals surface area contributed by atoms with Crippen LogP contribution < -0.4 is 9.64 Å². The zero-order valence-electron chi connectivity index (χ0n) is 14.5. The van der Waals surface area contributed by atoms with Crippen molar-refractivity contribution in [2.75, 3.05) is 39.8 Å². The third-order valence-corrected chi connectivity index (χ3v) is 4.36. The van der Waals surface area contributed by atoms with Gasteiger partial charge in [0.05, 0.1) is 33.2 Å². The van der Waals surface area contributed by atoms with Crippen LogP contribution in [-0.4, -0.2) is 50.6 Å². The number of nitrogens with one attached hydrogen (secondary N) is 1. The molecule has 122 valence electrons. The number of piperazine rings is 1. The molecule has 1 heterocycles. The molecule has 1 aliphatic heterocycles. The molecule has 1 N–H and O–H groups in total. The van der Waals surface area contributed by atoms with Crippen LogP contribution in [0.3, 0.4) is 0 Å². The summed E-state index contributed by atoms with van der Waals surface area (Å²) in [6, 6.07) is 6.22. The molecular formula is C18H29N2O2+. The number of nitrogens with zero attached hydrogens (tertiary/aromatic N) is 1. The van der Waals surface area contributed by atoms with Gasteiger partial charge in [0.15, 0.2) is 6.61 Å². The van der Waals surface area contributed by atoms with E-state index >= 15 is 0 Å². The van der Waals surface area contributed by atoms with Crippen molar-refractivity contribution in [2.24, 2.45) is 0 Å². The van der Waals surface area contributed by atoms with Gasteiger partial charge in [-0.3, -0.25) is 4.79 Å². The first-order valence-electron chi connectivity index (χ1n) is 8.10. The van der Waals surface area contributed by atoms with E-state index in [0.717, 1.165) is 37.5 Å². The molecular weight excluding hydrogens is 276 g/mol. The first-order valence-corrected chi connectivity index (χ1v) is 8.10. The molecule has 1 saturated heterocycles. The van der Waals surface area contributed by atoms with Crippen LogP contribution in [0.5, 0.6) is 5.75 Å². The van der Waals surface area contributed by atoms with Gasteiger partial charge >= 0.3 is 0 Å². The fourth-order valence-electron chi connectivity index (χ4n) is 2.65. The van der Waals surface area contributed by atoms with Gasteiger partial charge < -0.3 is 14.5 Å². The van der Waals surface area contributed by atoms with E-state index in [2.05, 4.69) is 40.0 Å². The topological polar surface area (TPSA) is 34.0 Å². The van der Waals surface area contributed by atoms with Crippen LogP contribution in [0.25, 0.3) is 0 Å². The van der Waals surface area contributed by atoms with E-state index in [0.29, 0.717) is 0 Å². The Kier molecular flexibility index (Phi) is 5.12. The molecule has 1 aromatic carbocycles.